The lowest BCUT2D eigenvalue weighted by molar-refractivity contribution is -0.127. The average Bonchev–Trinajstić information content (AvgIpc) is 3.16. The van der Waals surface area contributed by atoms with Gasteiger partial charge in [0, 0.05) is 5.56 Å². The quantitative estimate of drug-likeness (QED) is 0.298. The fourth-order valence-electron chi connectivity index (χ4n) is 7.48. The van der Waals surface area contributed by atoms with Crippen LogP contribution in [0, 0.1) is 35.2 Å². The van der Waals surface area contributed by atoms with Crippen molar-refractivity contribution in [2.75, 3.05) is 18.5 Å². The molecule has 5 fully saturated rings. The molecule has 10 heteroatoms. The third-order valence-electron chi connectivity index (χ3n) is 8.73. The second-order valence-corrected chi connectivity index (χ2v) is 12.4. The number of carbonyl (C=O) groups excluding carboxylic acids is 3. The van der Waals surface area contributed by atoms with Crippen LogP contribution in [0.25, 0.3) is 6.08 Å². The molecule has 0 radical (unpaired) electrons. The second-order valence-electron chi connectivity index (χ2n) is 11.4. The van der Waals surface area contributed by atoms with Crippen LogP contribution < -0.4 is 10.1 Å². The number of rotatable bonds is 7. The molecule has 6 nitrogen and oxygen atoms in total. The Morgan fingerprint density at radius 3 is 2.38 bits per heavy atom. The predicted molar refractivity (Wildman–Crippen MR) is 145 cm³/mol. The van der Waals surface area contributed by atoms with Crippen molar-refractivity contribution in [2.45, 2.75) is 50.9 Å². The highest BCUT2D eigenvalue weighted by Gasteiger charge is 2.51. The lowest BCUT2D eigenvalue weighted by atomic mass is 9.48. The lowest BCUT2D eigenvalue weighted by Gasteiger charge is -2.57. The van der Waals surface area contributed by atoms with Crippen LogP contribution in [0.4, 0.5) is 23.7 Å². The molecule has 0 aromatic heterocycles. The highest BCUT2D eigenvalue weighted by Crippen LogP contribution is 2.61. The normalized spacial score (nSPS) is 28.1. The smallest absolute Gasteiger partial charge is 0.294 e. The number of hydrogen-bond acceptors (Lipinski definition) is 5. The monoisotopic (exact) mass is 570 g/mol. The van der Waals surface area contributed by atoms with Gasteiger partial charge < -0.3 is 10.1 Å². The molecule has 0 spiro atoms. The largest absolute Gasteiger partial charge is 0.493 e. The Balaban J connectivity index is 1.23. The first-order chi connectivity index (χ1) is 19.2. The topological polar surface area (TPSA) is 75.7 Å². The van der Waals surface area contributed by atoms with Gasteiger partial charge in [0.1, 0.15) is 12.3 Å². The van der Waals surface area contributed by atoms with Gasteiger partial charge in [-0.05, 0) is 116 Å². The van der Waals surface area contributed by atoms with Crippen LogP contribution in [0.15, 0.2) is 35.2 Å². The van der Waals surface area contributed by atoms with Gasteiger partial charge >= 0.3 is 0 Å². The SMILES string of the molecule is CCOc1ccc(C23CC4CC(CC(C4)C2)C3)cc1/C=C1/SC(=O)N(CC(=O)Nc2ccc(F)c(F)c2F)C1=O. The number of anilines is 1. The fraction of sp³-hybridized carbons (Fsp3) is 0.433. The van der Waals surface area contributed by atoms with Crippen LogP contribution in [0.1, 0.15) is 56.6 Å². The number of thioether (sulfide) groups is 1. The Morgan fingerprint density at radius 1 is 1.05 bits per heavy atom. The van der Waals surface area contributed by atoms with Crippen molar-refractivity contribution in [1.82, 2.24) is 4.90 Å². The van der Waals surface area contributed by atoms with Crippen LogP contribution in [0.5, 0.6) is 5.75 Å². The molecular weight excluding hydrogens is 541 g/mol. The van der Waals surface area contributed by atoms with E-state index in [0.29, 0.717) is 35.7 Å². The van der Waals surface area contributed by atoms with E-state index in [4.69, 9.17) is 4.74 Å². The van der Waals surface area contributed by atoms with Gasteiger partial charge in [-0.3, -0.25) is 19.3 Å². The molecule has 40 heavy (non-hydrogen) atoms. The van der Waals surface area contributed by atoms with E-state index >= 15 is 0 Å². The molecular formula is C30H29F3N2O4S. The summed E-state index contributed by atoms with van der Waals surface area (Å²) >= 11 is 0.704. The number of nitrogens with zero attached hydrogens (tertiary/aromatic N) is 1. The Bertz CT molecular complexity index is 1410. The molecule has 5 aliphatic rings. The zero-order valence-corrected chi connectivity index (χ0v) is 22.8. The van der Waals surface area contributed by atoms with Crippen molar-refractivity contribution in [3.63, 3.8) is 0 Å². The molecule has 1 aliphatic heterocycles. The van der Waals surface area contributed by atoms with Crippen molar-refractivity contribution in [3.05, 3.63) is 63.8 Å². The minimum absolute atomic E-state index is 0.134. The van der Waals surface area contributed by atoms with Crippen molar-refractivity contribution >= 4 is 40.6 Å². The Kier molecular flexibility index (Phi) is 6.92. The van der Waals surface area contributed by atoms with Crippen molar-refractivity contribution < 1.29 is 32.3 Å². The molecule has 1 N–H and O–H groups in total. The maximum absolute atomic E-state index is 14.0. The first-order valence-electron chi connectivity index (χ1n) is 13.6. The number of hydrogen-bond donors (Lipinski definition) is 1. The van der Waals surface area contributed by atoms with E-state index in [9.17, 15) is 27.6 Å². The Morgan fingerprint density at radius 2 is 1.73 bits per heavy atom. The van der Waals surface area contributed by atoms with Crippen molar-refractivity contribution in [3.8, 4) is 5.75 Å². The average molecular weight is 571 g/mol. The number of amides is 3. The van der Waals surface area contributed by atoms with E-state index in [0.717, 1.165) is 28.7 Å². The number of nitrogens with one attached hydrogen (secondary N) is 1. The van der Waals surface area contributed by atoms with Crippen LogP contribution in [-0.4, -0.2) is 35.1 Å². The molecule has 210 valence electrons. The van der Waals surface area contributed by atoms with Gasteiger partial charge in [-0.1, -0.05) is 6.07 Å². The Hall–Kier alpha value is -3.27. The molecule has 2 aromatic rings. The van der Waals surface area contributed by atoms with E-state index in [1.807, 2.05) is 13.0 Å². The van der Waals surface area contributed by atoms with E-state index in [1.165, 1.54) is 44.1 Å². The van der Waals surface area contributed by atoms with Crippen LogP contribution >= 0.6 is 11.8 Å². The molecule has 4 aliphatic carbocycles. The van der Waals surface area contributed by atoms with E-state index in [-0.39, 0.29) is 10.3 Å². The van der Waals surface area contributed by atoms with Crippen LogP contribution in [-0.2, 0) is 15.0 Å². The summed E-state index contributed by atoms with van der Waals surface area (Å²) in [6, 6.07) is 7.71. The summed E-state index contributed by atoms with van der Waals surface area (Å²) in [7, 11) is 0. The molecule has 4 saturated carbocycles. The van der Waals surface area contributed by atoms with Gasteiger partial charge in [0.2, 0.25) is 5.91 Å². The third kappa shape index (κ3) is 4.80. The number of imide groups is 1. The lowest BCUT2D eigenvalue weighted by Crippen LogP contribution is -2.48. The highest BCUT2D eigenvalue weighted by molar-refractivity contribution is 8.18. The van der Waals surface area contributed by atoms with Crippen LogP contribution in [0.3, 0.4) is 0 Å². The van der Waals surface area contributed by atoms with Gasteiger partial charge in [0.25, 0.3) is 11.1 Å². The standard InChI is InChI=1S/C30H29F3N2O4S/c1-2-39-23-6-3-20(30-12-16-7-17(13-30)9-18(8-16)14-30)10-19(23)11-24-28(37)35(29(38)40-24)15-25(36)34-22-5-4-21(31)26(32)27(22)33/h3-6,10-11,16-18H,2,7-9,12-15H2,1H3,(H,34,36)/b24-11+. The van der Waals surface area contributed by atoms with Crippen molar-refractivity contribution in [2.24, 2.45) is 17.8 Å². The van der Waals surface area contributed by atoms with Gasteiger partial charge in [-0.15, -0.1) is 0 Å². The Labute approximate surface area is 234 Å². The zero-order valence-electron chi connectivity index (χ0n) is 22.0. The first kappa shape index (κ1) is 26.9. The number of benzene rings is 2. The summed E-state index contributed by atoms with van der Waals surface area (Å²) in [6.07, 6.45) is 9.14. The minimum atomic E-state index is -1.73. The predicted octanol–water partition coefficient (Wildman–Crippen LogP) is 6.65. The summed E-state index contributed by atoms with van der Waals surface area (Å²) in [5.41, 5.74) is 1.49. The zero-order chi connectivity index (χ0) is 28.2. The highest BCUT2D eigenvalue weighted by atomic mass is 32.2. The minimum Gasteiger partial charge on any atom is -0.493 e. The molecule has 4 bridgehead atoms. The third-order valence-corrected chi connectivity index (χ3v) is 9.64. The first-order valence-corrected chi connectivity index (χ1v) is 14.4. The molecule has 2 aromatic carbocycles. The maximum Gasteiger partial charge on any atom is 0.294 e. The number of halogens is 3. The van der Waals surface area contributed by atoms with Crippen molar-refractivity contribution in [1.29, 1.82) is 0 Å². The van der Waals surface area contributed by atoms with Gasteiger partial charge in [-0.2, -0.15) is 0 Å². The van der Waals surface area contributed by atoms with E-state index in [1.54, 1.807) is 6.08 Å². The molecule has 1 saturated heterocycles. The van der Waals surface area contributed by atoms with Gasteiger partial charge in [-0.25, -0.2) is 13.2 Å². The number of carbonyl (C=O) groups is 3. The molecule has 7 rings (SSSR count). The summed E-state index contributed by atoms with van der Waals surface area (Å²) < 4.78 is 46.5. The summed E-state index contributed by atoms with van der Waals surface area (Å²) in [5, 5.41) is 1.43. The maximum atomic E-state index is 14.0. The fourth-order valence-corrected chi connectivity index (χ4v) is 8.30. The summed E-state index contributed by atoms with van der Waals surface area (Å²) in [5.74, 6) is -3.38. The molecule has 0 unspecified atom stereocenters. The van der Waals surface area contributed by atoms with Gasteiger partial charge in [0.15, 0.2) is 17.5 Å². The summed E-state index contributed by atoms with van der Waals surface area (Å²) in [4.78, 5) is 39.2. The van der Waals surface area contributed by atoms with Gasteiger partial charge in [0.05, 0.1) is 17.2 Å². The summed E-state index contributed by atoms with van der Waals surface area (Å²) in [6.45, 7) is 1.60. The second kappa shape index (κ2) is 10.3. The number of ether oxygens (including phenoxy) is 1. The van der Waals surface area contributed by atoms with E-state index < -0.39 is 46.7 Å². The molecule has 0 atom stereocenters. The molecule has 3 amide bonds. The molecule has 1 heterocycles. The van der Waals surface area contributed by atoms with Crippen LogP contribution in [0.2, 0.25) is 0 Å². The van der Waals surface area contributed by atoms with E-state index in [2.05, 4.69) is 17.4 Å².